The fourth-order valence-corrected chi connectivity index (χ4v) is 3.40. The predicted octanol–water partition coefficient (Wildman–Crippen LogP) is 3.80. The number of aromatic nitrogens is 5. The van der Waals surface area contributed by atoms with E-state index in [-0.39, 0.29) is 11.9 Å². The molecule has 4 heterocycles. The first-order valence-corrected chi connectivity index (χ1v) is 10.2. The summed E-state index contributed by atoms with van der Waals surface area (Å²) in [5.74, 6) is 0.800. The number of aromatic amines is 1. The second kappa shape index (κ2) is 8.19. The molecule has 0 bridgehead atoms. The molecule has 0 aliphatic heterocycles. The number of H-pyrrole nitrogens is 1. The van der Waals surface area contributed by atoms with Crippen molar-refractivity contribution < 1.29 is 4.79 Å². The number of hydrogen-bond donors (Lipinski definition) is 2. The molecule has 30 heavy (non-hydrogen) atoms. The fourth-order valence-electron chi connectivity index (χ4n) is 3.17. The van der Waals surface area contributed by atoms with Crippen molar-refractivity contribution in [3.05, 3.63) is 76.2 Å². The molecule has 0 saturated heterocycles. The Hall–Kier alpha value is -3.33. The summed E-state index contributed by atoms with van der Waals surface area (Å²) < 4.78 is 0.873. The number of nitrogens with zero attached hydrogens (tertiary/aromatic N) is 5. The Bertz CT molecular complexity index is 1150. The second-order valence-electron chi connectivity index (χ2n) is 6.99. The molecule has 0 aliphatic rings. The van der Waals surface area contributed by atoms with Crippen LogP contribution >= 0.6 is 15.9 Å². The minimum absolute atomic E-state index is 0.200. The number of nitrogen functional groups attached to an aromatic ring is 1. The summed E-state index contributed by atoms with van der Waals surface area (Å²) in [7, 11) is 0. The molecule has 0 radical (unpaired) electrons. The molecule has 152 valence electrons. The van der Waals surface area contributed by atoms with Crippen LogP contribution < -0.4 is 5.73 Å². The van der Waals surface area contributed by atoms with Crippen LogP contribution in [0.5, 0.6) is 0 Å². The van der Waals surface area contributed by atoms with Gasteiger partial charge < -0.3 is 15.6 Å². The molecule has 1 amide bonds. The third-order valence-electron chi connectivity index (χ3n) is 4.87. The Kier molecular flexibility index (Phi) is 5.45. The lowest BCUT2D eigenvalue weighted by molar-refractivity contribution is 0.0658. The zero-order valence-electron chi connectivity index (χ0n) is 16.5. The zero-order chi connectivity index (χ0) is 21.3. The lowest BCUT2D eigenvalue weighted by Gasteiger charge is -2.27. The molecule has 1 atom stereocenters. The quantitative estimate of drug-likeness (QED) is 0.463. The van der Waals surface area contributed by atoms with Gasteiger partial charge in [-0.1, -0.05) is 0 Å². The highest BCUT2D eigenvalue weighted by Crippen LogP contribution is 2.24. The van der Waals surface area contributed by atoms with Gasteiger partial charge in [-0.05, 0) is 65.7 Å². The van der Waals surface area contributed by atoms with Crippen molar-refractivity contribution in [3.8, 4) is 0 Å². The summed E-state index contributed by atoms with van der Waals surface area (Å²) in [6.07, 6.45) is 5.04. The molecular formula is C21H20BrN7O. The third kappa shape index (κ3) is 4.02. The first-order valence-electron chi connectivity index (χ1n) is 9.36. The number of nitrogens with one attached hydrogen (secondary N) is 1. The predicted molar refractivity (Wildman–Crippen MR) is 118 cm³/mol. The van der Waals surface area contributed by atoms with E-state index in [0.29, 0.717) is 29.4 Å². The first-order chi connectivity index (χ1) is 14.4. The number of halogens is 1. The number of amides is 1. The average Bonchev–Trinajstić information content (AvgIpc) is 3.16. The molecule has 4 aromatic rings. The van der Waals surface area contributed by atoms with E-state index in [2.05, 4.69) is 40.8 Å². The highest BCUT2D eigenvalue weighted by Gasteiger charge is 2.26. The molecule has 4 aromatic heterocycles. The monoisotopic (exact) mass is 465 g/mol. The molecular weight excluding hydrogens is 446 g/mol. The first kappa shape index (κ1) is 20.0. The van der Waals surface area contributed by atoms with E-state index in [4.69, 9.17) is 5.73 Å². The van der Waals surface area contributed by atoms with Crippen LogP contribution in [0.15, 0.2) is 53.4 Å². The molecule has 3 N–H and O–H groups in total. The number of hydrogen-bond acceptors (Lipinski definition) is 6. The van der Waals surface area contributed by atoms with E-state index in [0.717, 1.165) is 21.2 Å². The largest absolute Gasteiger partial charge is 0.383 e. The van der Waals surface area contributed by atoms with E-state index in [1.807, 2.05) is 32.0 Å². The SMILES string of the molecule is Cc1cc2[nH]c(C(=O)N(Cc3ccc(Br)cn3)[C@@H](C)c3ncccn3)cc2nc1N. The molecule has 4 rings (SSSR count). The number of carbonyl (C=O) groups excluding carboxylic acids is 1. The maximum Gasteiger partial charge on any atom is 0.271 e. The molecule has 0 aromatic carbocycles. The molecule has 0 spiro atoms. The van der Waals surface area contributed by atoms with Gasteiger partial charge >= 0.3 is 0 Å². The minimum Gasteiger partial charge on any atom is -0.383 e. The van der Waals surface area contributed by atoms with Crippen molar-refractivity contribution in [2.75, 3.05) is 5.73 Å². The van der Waals surface area contributed by atoms with Gasteiger partial charge in [0.15, 0.2) is 0 Å². The lowest BCUT2D eigenvalue weighted by Crippen LogP contribution is -2.34. The minimum atomic E-state index is -0.365. The van der Waals surface area contributed by atoms with E-state index in [1.165, 1.54) is 0 Å². The standard InChI is InChI=1S/C21H20BrN7O/c1-12-8-16-17(28-19(12)23)9-18(27-16)21(30)29(11-15-5-4-14(22)10-26-15)13(2)20-24-6-3-7-25-20/h3-10,13,27H,11H2,1-2H3,(H2,23,28)/t13-/m0/s1. The summed E-state index contributed by atoms with van der Waals surface area (Å²) in [6.45, 7) is 4.08. The topological polar surface area (TPSA) is 114 Å². The van der Waals surface area contributed by atoms with Gasteiger partial charge in [0, 0.05) is 23.1 Å². The van der Waals surface area contributed by atoms with Crippen LogP contribution in [0, 0.1) is 6.92 Å². The van der Waals surface area contributed by atoms with Crippen LogP contribution in [0.1, 0.15) is 40.5 Å². The van der Waals surface area contributed by atoms with Crippen molar-refractivity contribution in [2.24, 2.45) is 0 Å². The number of nitrogens with two attached hydrogens (primary N) is 1. The summed E-state index contributed by atoms with van der Waals surface area (Å²) in [6, 6.07) is 8.75. The molecule has 0 unspecified atom stereocenters. The van der Waals surface area contributed by atoms with Gasteiger partial charge in [0.1, 0.15) is 17.3 Å². The Morgan fingerprint density at radius 3 is 2.70 bits per heavy atom. The van der Waals surface area contributed by atoms with Crippen LogP contribution in [0.2, 0.25) is 0 Å². The van der Waals surface area contributed by atoms with E-state index < -0.39 is 0 Å². The van der Waals surface area contributed by atoms with Crippen molar-refractivity contribution in [1.82, 2.24) is 29.8 Å². The van der Waals surface area contributed by atoms with Gasteiger partial charge in [-0.2, -0.15) is 0 Å². The van der Waals surface area contributed by atoms with Crippen molar-refractivity contribution in [2.45, 2.75) is 26.4 Å². The number of pyridine rings is 2. The summed E-state index contributed by atoms with van der Waals surface area (Å²) >= 11 is 3.39. The lowest BCUT2D eigenvalue weighted by atomic mass is 10.2. The Morgan fingerprint density at radius 1 is 1.23 bits per heavy atom. The maximum absolute atomic E-state index is 13.5. The Morgan fingerprint density at radius 2 is 2.00 bits per heavy atom. The van der Waals surface area contributed by atoms with E-state index in [9.17, 15) is 4.79 Å². The molecule has 0 fully saturated rings. The van der Waals surface area contributed by atoms with Crippen molar-refractivity contribution in [3.63, 3.8) is 0 Å². The summed E-state index contributed by atoms with van der Waals surface area (Å²) in [5.41, 5.74) is 9.35. The normalized spacial score (nSPS) is 12.1. The highest BCUT2D eigenvalue weighted by molar-refractivity contribution is 9.10. The molecule has 9 heteroatoms. The van der Waals surface area contributed by atoms with Gasteiger partial charge in [-0.15, -0.1) is 0 Å². The van der Waals surface area contributed by atoms with Crippen LogP contribution in [0.25, 0.3) is 11.0 Å². The smallest absolute Gasteiger partial charge is 0.271 e. The fraction of sp³-hybridized carbons (Fsp3) is 0.190. The van der Waals surface area contributed by atoms with Gasteiger partial charge in [0.2, 0.25) is 0 Å². The molecule has 8 nitrogen and oxygen atoms in total. The van der Waals surface area contributed by atoms with Gasteiger partial charge in [-0.25, -0.2) is 15.0 Å². The zero-order valence-corrected chi connectivity index (χ0v) is 18.1. The number of rotatable bonds is 5. The third-order valence-corrected chi connectivity index (χ3v) is 5.34. The molecule has 0 aliphatic carbocycles. The van der Waals surface area contributed by atoms with E-state index >= 15 is 0 Å². The average molecular weight is 466 g/mol. The van der Waals surface area contributed by atoms with E-state index in [1.54, 1.807) is 35.6 Å². The molecule has 0 saturated carbocycles. The number of carbonyl (C=O) groups is 1. The highest BCUT2D eigenvalue weighted by atomic mass is 79.9. The van der Waals surface area contributed by atoms with Gasteiger partial charge in [0.05, 0.1) is 29.3 Å². The summed E-state index contributed by atoms with van der Waals surface area (Å²) in [4.78, 5) is 35.8. The van der Waals surface area contributed by atoms with Gasteiger partial charge in [0.25, 0.3) is 5.91 Å². The maximum atomic E-state index is 13.5. The number of fused-ring (bicyclic) bond motifs is 1. The van der Waals surface area contributed by atoms with Crippen LogP contribution in [-0.2, 0) is 6.54 Å². The Labute approximate surface area is 181 Å². The number of anilines is 1. The van der Waals surface area contributed by atoms with Crippen LogP contribution in [-0.4, -0.2) is 35.7 Å². The van der Waals surface area contributed by atoms with Crippen LogP contribution in [0.4, 0.5) is 5.82 Å². The summed E-state index contributed by atoms with van der Waals surface area (Å²) in [5, 5.41) is 0. The van der Waals surface area contributed by atoms with Crippen molar-refractivity contribution in [1.29, 1.82) is 0 Å². The Balaban J connectivity index is 1.72. The van der Waals surface area contributed by atoms with Gasteiger partial charge in [-0.3, -0.25) is 9.78 Å². The van der Waals surface area contributed by atoms with Crippen molar-refractivity contribution >= 4 is 38.7 Å². The van der Waals surface area contributed by atoms with Crippen LogP contribution in [0.3, 0.4) is 0 Å². The number of aryl methyl sites for hydroxylation is 1. The second-order valence-corrected chi connectivity index (χ2v) is 7.91.